The van der Waals surface area contributed by atoms with Gasteiger partial charge in [0.25, 0.3) is 0 Å². The molecule has 8 nitrogen and oxygen atoms in total. The number of ether oxygens (including phenoxy) is 2. The average Bonchev–Trinajstić information content (AvgIpc) is 2.72. The fraction of sp³-hybridized carbons (Fsp3) is 0.304. The van der Waals surface area contributed by atoms with Crippen molar-refractivity contribution >= 4 is 23.6 Å². The number of aryl methyl sites for hydroxylation is 1. The number of rotatable bonds is 7. The molecule has 0 saturated heterocycles. The minimum absolute atomic E-state index is 0.0346. The van der Waals surface area contributed by atoms with Crippen LogP contribution in [0, 0.1) is 6.92 Å². The fourth-order valence-electron chi connectivity index (χ4n) is 2.77. The lowest BCUT2D eigenvalue weighted by molar-refractivity contribution is -0.147. The van der Waals surface area contributed by atoms with Crippen LogP contribution in [0.15, 0.2) is 48.5 Å². The molecule has 0 radical (unpaired) electrons. The number of hydrogen-bond acceptors (Lipinski definition) is 8. The Labute approximate surface area is 181 Å². The van der Waals surface area contributed by atoms with Crippen LogP contribution in [0.3, 0.4) is 0 Å². The van der Waals surface area contributed by atoms with Gasteiger partial charge in [-0.3, -0.25) is 0 Å². The van der Waals surface area contributed by atoms with E-state index in [1.807, 2.05) is 55.5 Å². The molecule has 0 aliphatic heterocycles. The molecule has 0 aliphatic rings. The SMILES string of the molecule is Cc1ccccc1Nc1nc(N)nc(COC(=O)COc2ccc(C(C)(C)C)cc2)n1. The summed E-state index contributed by atoms with van der Waals surface area (Å²) in [6, 6.07) is 15.3. The van der Waals surface area contributed by atoms with E-state index < -0.39 is 5.97 Å². The van der Waals surface area contributed by atoms with E-state index in [0.717, 1.165) is 11.3 Å². The predicted octanol–water partition coefficient (Wildman–Crippen LogP) is 3.93. The van der Waals surface area contributed by atoms with Crippen LogP contribution in [0.5, 0.6) is 5.75 Å². The first kappa shape index (κ1) is 22.0. The van der Waals surface area contributed by atoms with Crippen molar-refractivity contribution in [3.63, 3.8) is 0 Å². The molecule has 0 saturated carbocycles. The summed E-state index contributed by atoms with van der Waals surface area (Å²) in [7, 11) is 0. The Morgan fingerprint density at radius 1 is 1.03 bits per heavy atom. The Morgan fingerprint density at radius 2 is 1.74 bits per heavy atom. The summed E-state index contributed by atoms with van der Waals surface area (Å²) in [4.78, 5) is 24.4. The Balaban J connectivity index is 1.54. The van der Waals surface area contributed by atoms with Gasteiger partial charge in [0, 0.05) is 5.69 Å². The second kappa shape index (κ2) is 9.42. The van der Waals surface area contributed by atoms with Gasteiger partial charge in [0.1, 0.15) is 5.75 Å². The molecule has 31 heavy (non-hydrogen) atoms. The largest absolute Gasteiger partial charge is 0.482 e. The normalized spacial score (nSPS) is 11.1. The molecule has 1 aromatic heterocycles. The highest BCUT2D eigenvalue weighted by atomic mass is 16.6. The predicted molar refractivity (Wildman–Crippen MR) is 119 cm³/mol. The van der Waals surface area contributed by atoms with Crippen molar-refractivity contribution < 1.29 is 14.3 Å². The summed E-state index contributed by atoms with van der Waals surface area (Å²) in [5.74, 6) is 0.619. The van der Waals surface area contributed by atoms with E-state index in [4.69, 9.17) is 15.2 Å². The van der Waals surface area contributed by atoms with Gasteiger partial charge in [-0.25, -0.2) is 4.79 Å². The number of nitrogens with zero attached hydrogens (tertiary/aromatic N) is 3. The van der Waals surface area contributed by atoms with E-state index in [2.05, 4.69) is 41.0 Å². The molecule has 162 valence electrons. The number of esters is 1. The highest BCUT2D eigenvalue weighted by molar-refractivity contribution is 5.71. The van der Waals surface area contributed by atoms with Gasteiger partial charge in [-0.05, 0) is 41.7 Å². The average molecular weight is 422 g/mol. The van der Waals surface area contributed by atoms with Crippen LogP contribution < -0.4 is 15.8 Å². The molecule has 3 rings (SSSR count). The van der Waals surface area contributed by atoms with Gasteiger partial charge in [0.05, 0.1) is 0 Å². The number of nitrogens with one attached hydrogen (secondary N) is 1. The van der Waals surface area contributed by atoms with Crippen molar-refractivity contribution in [1.82, 2.24) is 15.0 Å². The smallest absolute Gasteiger partial charge is 0.344 e. The quantitative estimate of drug-likeness (QED) is 0.552. The number of benzene rings is 2. The van der Waals surface area contributed by atoms with Crippen LogP contribution in [0.25, 0.3) is 0 Å². The number of anilines is 3. The summed E-state index contributed by atoms with van der Waals surface area (Å²) in [6.45, 7) is 8.01. The topological polar surface area (TPSA) is 112 Å². The lowest BCUT2D eigenvalue weighted by Gasteiger charge is -2.19. The fourth-order valence-corrected chi connectivity index (χ4v) is 2.77. The van der Waals surface area contributed by atoms with Gasteiger partial charge < -0.3 is 20.5 Å². The van der Waals surface area contributed by atoms with Crippen LogP contribution in [-0.2, 0) is 21.6 Å². The maximum atomic E-state index is 12.1. The van der Waals surface area contributed by atoms with Gasteiger partial charge in [0.15, 0.2) is 19.0 Å². The summed E-state index contributed by atoms with van der Waals surface area (Å²) in [5, 5.41) is 3.10. The summed E-state index contributed by atoms with van der Waals surface area (Å²) < 4.78 is 10.7. The summed E-state index contributed by atoms with van der Waals surface area (Å²) in [6.07, 6.45) is 0. The number of para-hydroxylation sites is 1. The lowest BCUT2D eigenvalue weighted by atomic mass is 9.87. The lowest BCUT2D eigenvalue weighted by Crippen LogP contribution is -2.16. The van der Waals surface area contributed by atoms with E-state index in [1.165, 1.54) is 5.56 Å². The van der Waals surface area contributed by atoms with Crippen LogP contribution in [0.2, 0.25) is 0 Å². The van der Waals surface area contributed by atoms with Crippen molar-refractivity contribution in [2.45, 2.75) is 39.7 Å². The van der Waals surface area contributed by atoms with Gasteiger partial charge in [0.2, 0.25) is 11.9 Å². The van der Waals surface area contributed by atoms with E-state index in [9.17, 15) is 4.79 Å². The van der Waals surface area contributed by atoms with Crippen molar-refractivity contribution in [3.05, 3.63) is 65.5 Å². The third kappa shape index (κ3) is 6.40. The maximum absolute atomic E-state index is 12.1. The molecule has 0 spiro atoms. The third-order valence-electron chi connectivity index (χ3n) is 4.53. The second-order valence-electron chi connectivity index (χ2n) is 8.10. The van der Waals surface area contributed by atoms with Crippen molar-refractivity contribution in [1.29, 1.82) is 0 Å². The number of hydrogen-bond donors (Lipinski definition) is 2. The second-order valence-corrected chi connectivity index (χ2v) is 8.10. The van der Waals surface area contributed by atoms with Crippen LogP contribution >= 0.6 is 0 Å². The highest BCUT2D eigenvalue weighted by Gasteiger charge is 2.14. The monoisotopic (exact) mass is 421 g/mol. The van der Waals surface area contributed by atoms with Crippen molar-refractivity contribution in [2.24, 2.45) is 0 Å². The van der Waals surface area contributed by atoms with Gasteiger partial charge in [-0.1, -0.05) is 51.1 Å². The number of aromatic nitrogens is 3. The summed E-state index contributed by atoms with van der Waals surface area (Å²) >= 11 is 0. The number of carbonyl (C=O) groups excluding carboxylic acids is 1. The first-order valence-electron chi connectivity index (χ1n) is 9.93. The molecule has 0 atom stereocenters. The molecule has 0 aliphatic carbocycles. The number of nitrogen functional groups attached to an aromatic ring is 1. The van der Waals surface area contributed by atoms with Gasteiger partial charge in [-0.15, -0.1) is 0 Å². The Kier molecular flexibility index (Phi) is 6.69. The third-order valence-corrected chi connectivity index (χ3v) is 4.53. The van der Waals surface area contributed by atoms with Crippen LogP contribution in [0.4, 0.5) is 17.6 Å². The van der Waals surface area contributed by atoms with Gasteiger partial charge >= 0.3 is 5.97 Å². The highest BCUT2D eigenvalue weighted by Crippen LogP contribution is 2.24. The van der Waals surface area contributed by atoms with Crippen LogP contribution in [-0.4, -0.2) is 27.5 Å². The Hall–Kier alpha value is -3.68. The minimum Gasteiger partial charge on any atom is -0.482 e. The zero-order valence-corrected chi connectivity index (χ0v) is 18.2. The Bertz CT molecular complexity index is 1050. The molecular formula is C23H27N5O3. The number of nitrogens with two attached hydrogens (primary N) is 1. The van der Waals surface area contributed by atoms with E-state index in [1.54, 1.807) is 0 Å². The molecular weight excluding hydrogens is 394 g/mol. The first-order chi connectivity index (χ1) is 14.7. The molecule has 8 heteroatoms. The van der Waals surface area contributed by atoms with Gasteiger partial charge in [-0.2, -0.15) is 15.0 Å². The van der Waals surface area contributed by atoms with E-state index in [0.29, 0.717) is 5.75 Å². The number of carbonyl (C=O) groups is 1. The molecule has 3 aromatic rings. The first-order valence-corrected chi connectivity index (χ1v) is 9.93. The summed E-state index contributed by atoms with van der Waals surface area (Å²) in [5.41, 5.74) is 8.88. The van der Waals surface area contributed by atoms with Crippen molar-refractivity contribution in [3.8, 4) is 5.75 Å². The molecule has 3 N–H and O–H groups in total. The molecule has 0 amide bonds. The van der Waals surface area contributed by atoms with E-state index in [-0.39, 0.29) is 36.3 Å². The molecule has 2 aromatic carbocycles. The minimum atomic E-state index is -0.535. The zero-order chi connectivity index (χ0) is 22.4. The van der Waals surface area contributed by atoms with Crippen LogP contribution in [0.1, 0.15) is 37.7 Å². The maximum Gasteiger partial charge on any atom is 0.344 e. The molecule has 1 heterocycles. The standard InChI is InChI=1S/C23H27N5O3/c1-15-7-5-6-8-18(15)25-22-27-19(26-21(24)28-22)13-31-20(29)14-30-17-11-9-16(10-12-17)23(2,3)4/h5-12H,13-14H2,1-4H3,(H3,24,25,26,27,28). The zero-order valence-electron chi connectivity index (χ0n) is 18.2. The molecule has 0 fully saturated rings. The Morgan fingerprint density at radius 3 is 2.42 bits per heavy atom. The molecule has 0 unspecified atom stereocenters. The van der Waals surface area contributed by atoms with Crippen molar-refractivity contribution in [2.75, 3.05) is 17.7 Å². The van der Waals surface area contributed by atoms with E-state index >= 15 is 0 Å². The molecule has 0 bridgehead atoms.